The van der Waals surface area contributed by atoms with E-state index in [1.54, 1.807) is 16.8 Å². The number of rotatable bonds is 7. The van der Waals surface area contributed by atoms with Gasteiger partial charge in [-0.1, -0.05) is 55.1 Å². The summed E-state index contributed by atoms with van der Waals surface area (Å²) in [4.78, 5) is 30.7. The average molecular weight is 436 g/mol. The maximum Gasteiger partial charge on any atom is 0.269 e. The van der Waals surface area contributed by atoms with Crippen LogP contribution in [0, 0.1) is 10.1 Å². The van der Waals surface area contributed by atoms with E-state index in [2.05, 4.69) is 15.3 Å². The number of aromatic nitrogens is 5. The summed E-state index contributed by atoms with van der Waals surface area (Å²) in [6, 6.07) is 14.0. The molecule has 31 heavy (non-hydrogen) atoms. The number of aromatic amines is 1. The first-order valence-corrected chi connectivity index (χ1v) is 10.7. The Morgan fingerprint density at radius 3 is 2.61 bits per heavy atom. The second-order valence-corrected chi connectivity index (χ2v) is 8.30. The largest absolute Gasteiger partial charge is 0.301 e. The summed E-state index contributed by atoms with van der Waals surface area (Å²) in [7, 11) is 0. The predicted molar refractivity (Wildman–Crippen MR) is 118 cm³/mol. The lowest BCUT2D eigenvalue weighted by Gasteiger charge is -2.13. The van der Waals surface area contributed by atoms with Crippen molar-refractivity contribution in [1.29, 1.82) is 0 Å². The number of fused-ring (bicyclic) bond motifs is 1. The Morgan fingerprint density at radius 2 is 1.90 bits per heavy atom. The van der Waals surface area contributed by atoms with Gasteiger partial charge < -0.3 is 4.98 Å². The van der Waals surface area contributed by atoms with Crippen LogP contribution in [-0.4, -0.2) is 29.9 Å². The Labute approximate surface area is 181 Å². The van der Waals surface area contributed by atoms with Crippen molar-refractivity contribution in [3.05, 3.63) is 85.8 Å². The van der Waals surface area contributed by atoms with Crippen molar-refractivity contribution in [2.45, 2.75) is 37.2 Å². The minimum Gasteiger partial charge on any atom is -0.301 e. The molecule has 0 spiro atoms. The summed E-state index contributed by atoms with van der Waals surface area (Å²) in [6.07, 6.45) is 0. The summed E-state index contributed by atoms with van der Waals surface area (Å²) in [6.45, 7) is 4.25. The van der Waals surface area contributed by atoms with Gasteiger partial charge in [0.1, 0.15) is 5.52 Å². The van der Waals surface area contributed by atoms with E-state index in [9.17, 15) is 14.9 Å². The number of hydrogen-bond donors (Lipinski definition) is 1. The number of nitrogens with zero attached hydrogens (tertiary/aromatic N) is 5. The van der Waals surface area contributed by atoms with Crippen LogP contribution in [0.15, 0.2) is 58.5 Å². The molecule has 2 aromatic heterocycles. The molecule has 0 fully saturated rings. The monoisotopic (exact) mass is 436 g/mol. The number of non-ortho nitro benzene ring substituents is 1. The Bertz CT molecular complexity index is 1300. The molecule has 4 aromatic rings. The Balaban J connectivity index is 1.61. The van der Waals surface area contributed by atoms with Crippen molar-refractivity contribution in [3.63, 3.8) is 0 Å². The number of para-hydroxylation sites is 1. The molecule has 2 aromatic carbocycles. The third-order valence-electron chi connectivity index (χ3n) is 4.83. The summed E-state index contributed by atoms with van der Waals surface area (Å²) in [5.74, 6) is 0.517. The zero-order chi connectivity index (χ0) is 22.0. The molecule has 2 heterocycles. The van der Waals surface area contributed by atoms with E-state index in [-0.39, 0.29) is 17.2 Å². The highest BCUT2D eigenvalue weighted by Gasteiger charge is 2.17. The van der Waals surface area contributed by atoms with E-state index < -0.39 is 4.92 Å². The normalized spacial score (nSPS) is 11.3. The molecular weight excluding hydrogens is 416 g/mol. The zero-order valence-electron chi connectivity index (χ0n) is 17.0. The SMILES string of the molecule is CC(C)c1c(Cn2nnc3ccccc32)nc(SCc2ccc([N+](=O)[O-])cc2)[nH]c1=O. The van der Waals surface area contributed by atoms with Crippen LogP contribution in [0.1, 0.15) is 36.6 Å². The van der Waals surface area contributed by atoms with Gasteiger partial charge in [0.15, 0.2) is 5.16 Å². The van der Waals surface area contributed by atoms with Crippen LogP contribution < -0.4 is 5.56 Å². The van der Waals surface area contributed by atoms with Gasteiger partial charge in [-0.2, -0.15) is 0 Å². The number of H-pyrrole nitrogens is 1. The molecule has 0 bridgehead atoms. The molecule has 0 saturated carbocycles. The first kappa shape index (κ1) is 20.7. The van der Waals surface area contributed by atoms with Crippen molar-refractivity contribution in [1.82, 2.24) is 25.0 Å². The van der Waals surface area contributed by atoms with E-state index >= 15 is 0 Å². The highest BCUT2D eigenvalue weighted by molar-refractivity contribution is 7.98. The van der Waals surface area contributed by atoms with Crippen molar-refractivity contribution in [3.8, 4) is 0 Å². The van der Waals surface area contributed by atoms with Crippen LogP contribution in [0.4, 0.5) is 5.69 Å². The molecule has 0 radical (unpaired) electrons. The summed E-state index contributed by atoms with van der Waals surface area (Å²) >= 11 is 1.37. The molecule has 0 saturated heterocycles. The van der Waals surface area contributed by atoms with E-state index in [4.69, 9.17) is 4.98 Å². The zero-order valence-corrected chi connectivity index (χ0v) is 17.8. The van der Waals surface area contributed by atoms with E-state index in [1.165, 1.54) is 23.9 Å². The number of nitro benzene ring substituents is 1. The van der Waals surface area contributed by atoms with Crippen LogP contribution in [-0.2, 0) is 12.3 Å². The van der Waals surface area contributed by atoms with Crippen molar-refractivity contribution < 1.29 is 4.92 Å². The number of benzene rings is 2. The van der Waals surface area contributed by atoms with Gasteiger partial charge in [-0.25, -0.2) is 9.67 Å². The number of thioether (sulfide) groups is 1. The van der Waals surface area contributed by atoms with Gasteiger partial charge in [0.2, 0.25) is 0 Å². The molecule has 10 heteroatoms. The molecule has 0 atom stereocenters. The van der Waals surface area contributed by atoms with Crippen molar-refractivity contribution in [2.75, 3.05) is 0 Å². The molecule has 0 amide bonds. The molecule has 1 N–H and O–H groups in total. The Morgan fingerprint density at radius 1 is 1.16 bits per heavy atom. The molecule has 0 aliphatic carbocycles. The highest BCUT2D eigenvalue weighted by atomic mass is 32.2. The maximum atomic E-state index is 12.8. The fourth-order valence-electron chi connectivity index (χ4n) is 3.33. The summed E-state index contributed by atoms with van der Waals surface area (Å²) in [5, 5.41) is 19.7. The second-order valence-electron chi connectivity index (χ2n) is 7.33. The second kappa shape index (κ2) is 8.68. The minimum atomic E-state index is -0.430. The van der Waals surface area contributed by atoms with Crippen LogP contribution >= 0.6 is 11.8 Å². The third-order valence-corrected chi connectivity index (χ3v) is 5.78. The lowest BCUT2D eigenvalue weighted by molar-refractivity contribution is -0.384. The number of nitrogens with one attached hydrogen (secondary N) is 1. The first-order valence-electron chi connectivity index (χ1n) is 9.70. The average Bonchev–Trinajstić information content (AvgIpc) is 3.15. The molecule has 9 nitrogen and oxygen atoms in total. The van der Waals surface area contributed by atoms with Crippen LogP contribution in [0.3, 0.4) is 0 Å². The Hall–Kier alpha value is -3.53. The smallest absolute Gasteiger partial charge is 0.269 e. The standard InChI is InChI=1S/C21H20N6O3S/c1-13(2)19-17(11-26-18-6-4-3-5-16(18)24-25-26)22-21(23-20(19)28)31-12-14-7-9-15(10-8-14)27(29)30/h3-10,13H,11-12H2,1-2H3,(H,22,23,28). The van der Waals surface area contributed by atoms with Gasteiger partial charge in [-0.05, 0) is 23.6 Å². The van der Waals surface area contributed by atoms with Crippen LogP contribution in [0.5, 0.6) is 0 Å². The van der Waals surface area contributed by atoms with E-state index in [1.807, 2.05) is 38.1 Å². The van der Waals surface area contributed by atoms with E-state index in [0.717, 1.165) is 16.6 Å². The quantitative estimate of drug-likeness (QED) is 0.202. The fourth-order valence-corrected chi connectivity index (χ4v) is 4.17. The van der Waals surface area contributed by atoms with Crippen LogP contribution in [0.25, 0.3) is 11.0 Å². The molecule has 0 aliphatic heterocycles. The van der Waals surface area contributed by atoms with Gasteiger partial charge in [-0.3, -0.25) is 14.9 Å². The maximum absolute atomic E-state index is 12.8. The number of nitro groups is 1. The molecule has 158 valence electrons. The van der Waals surface area contributed by atoms with Crippen molar-refractivity contribution in [2.24, 2.45) is 0 Å². The van der Waals surface area contributed by atoms with Crippen LogP contribution in [0.2, 0.25) is 0 Å². The highest BCUT2D eigenvalue weighted by Crippen LogP contribution is 2.23. The van der Waals surface area contributed by atoms with Gasteiger partial charge >= 0.3 is 0 Å². The molecule has 0 unspecified atom stereocenters. The van der Waals surface area contributed by atoms with E-state index in [0.29, 0.717) is 28.7 Å². The van der Waals surface area contributed by atoms with Gasteiger partial charge in [-0.15, -0.1) is 5.10 Å². The lowest BCUT2D eigenvalue weighted by Crippen LogP contribution is -2.21. The predicted octanol–water partition coefficient (Wildman–Crippen LogP) is 3.89. The topological polar surface area (TPSA) is 120 Å². The van der Waals surface area contributed by atoms with Gasteiger partial charge in [0.25, 0.3) is 11.2 Å². The van der Waals surface area contributed by atoms with Gasteiger partial charge in [0, 0.05) is 23.4 Å². The van der Waals surface area contributed by atoms with Gasteiger partial charge in [0.05, 0.1) is 22.7 Å². The molecular formula is C21H20N6O3S. The van der Waals surface area contributed by atoms with Crippen molar-refractivity contribution >= 4 is 28.5 Å². The summed E-state index contributed by atoms with van der Waals surface area (Å²) < 4.78 is 1.74. The minimum absolute atomic E-state index is 0.00485. The molecule has 4 rings (SSSR count). The number of hydrogen-bond acceptors (Lipinski definition) is 7. The summed E-state index contributed by atoms with van der Waals surface area (Å²) in [5.41, 5.74) is 3.71. The lowest BCUT2D eigenvalue weighted by atomic mass is 10.0. The fraction of sp³-hybridized carbons (Fsp3) is 0.238. The third kappa shape index (κ3) is 4.48. The Kier molecular flexibility index (Phi) is 5.81. The first-order chi connectivity index (χ1) is 14.9. The molecule has 0 aliphatic rings.